The number of benzene rings is 2. The molecule has 0 bridgehead atoms. The molecule has 10 nitrogen and oxygen atoms in total. The van der Waals surface area contributed by atoms with Crippen molar-refractivity contribution in [1.29, 1.82) is 0 Å². The van der Waals surface area contributed by atoms with E-state index in [0.717, 1.165) is 11.5 Å². The third-order valence-corrected chi connectivity index (χ3v) is 6.47. The number of amides is 1. The van der Waals surface area contributed by atoms with Crippen molar-refractivity contribution in [3.63, 3.8) is 0 Å². The molecule has 0 aliphatic heterocycles. The van der Waals surface area contributed by atoms with Gasteiger partial charge in [0.05, 0.1) is 17.2 Å². The predicted octanol–water partition coefficient (Wildman–Crippen LogP) is 2.61. The molecule has 0 radical (unpaired) electrons. The fourth-order valence-corrected chi connectivity index (χ4v) is 4.20. The summed E-state index contributed by atoms with van der Waals surface area (Å²) in [6.07, 6.45) is 0.493. The largest absolute Gasteiger partial charge is 0.493 e. The lowest BCUT2D eigenvalue weighted by Crippen LogP contribution is -2.42. The summed E-state index contributed by atoms with van der Waals surface area (Å²) in [5, 5.41) is 19.4. The molecule has 5 N–H and O–H groups in total. The van der Waals surface area contributed by atoms with Gasteiger partial charge in [-0.25, -0.2) is 27.7 Å². The number of anilines is 1. The molecule has 0 aliphatic carbocycles. The summed E-state index contributed by atoms with van der Waals surface area (Å²) in [7, 11) is -2.69. The monoisotopic (exact) mass is 550 g/mol. The number of pyridine rings is 1. The summed E-state index contributed by atoms with van der Waals surface area (Å²) in [4.78, 5) is 27.9. The van der Waals surface area contributed by atoms with Crippen LogP contribution in [0.25, 0.3) is 0 Å². The zero-order valence-electron chi connectivity index (χ0n) is 19.6. The number of hydrogen-bond donors (Lipinski definition) is 4. The number of sulfonamides is 1. The summed E-state index contributed by atoms with van der Waals surface area (Å²) in [5.74, 6) is -2.25. The van der Waals surface area contributed by atoms with Crippen molar-refractivity contribution in [3.05, 3.63) is 82.3 Å². The normalized spacial score (nSPS) is 12.0. The van der Waals surface area contributed by atoms with Crippen LogP contribution in [0.15, 0.2) is 59.5 Å². The topological polar surface area (TPSA) is 161 Å². The molecule has 0 aliphatic rings. The summed E-state index contributed by atoms with van der Waals surface area (Å²) in [6.45, 7) is 0.381. The van der Waals surface area contributed by atoms with Crippen LogP contribution in [0.2, 0.25) is 5.02 Å². The van der Waals surface area contributed by atoms with Gasteiger partial charge in [-0.2, -0.15) is 0 Å². The number of carbonyl (C=O) groups is 2. The van der Waals surface area contributed by atoms with E-state index in [9.17, 15) is 27.5 Å². The van der Waals surface area contributed by atoms with Gasteiger partial charge >= 0.3 is 5.97 Å². The third-order valence-electron chi connectivity index (χ3n) is 5.23. The van der Waals surface area contributed by atoms with Crippen LogP contribution in [-0.2, 0) is 27.7 Å². The Bertz CT molecular complexity index is 1400. The Balaban J connectivity index is 1.63. The Labute approximate surface area is 217 Å². The number of aliphatic carboxylic acids is 1. The number of rotatable bonds is 11. The van der Waals surface area contributed by atoms with Crippen LogP contribution < -0.4 is 20.5 Å². The lowest BCUT2D eigenvalue weighted by Gasteiger charge is -2.16. The van der Waals surface area contributed by atoms with Gasteiger partial charge in [-0.15, -0.1) is 0 Å². The molecule has 0 saturated carbocycles. The minimum atomic E-state index is -4.48. The number of halogens is 2. The first kappa shape index (κ1) is 27.8. The highest BCUT2D eigenvalue weighted by atomic mass is 35.5. The summed E-state index contributed by atoms with van der Waals surface area (Å²) < 4.78 is 42.7. The number of hydrogen-bond acceptors (Lipinski definition) is 7. The van der Waals surface area contributed by atoms with E-state index >= 15 is 0 Å². The first-order valence-corrected chi connectivity index (χ1v) is 12.8. The predicted molar refractivity (Wildman–Crippen MR) is 135 cm³/mol. The molecule has 13 heteroatoms. The number of ether oxygens (including phenoxy) is 1. The van der Waals surface area contributed by atoms with Gasteiger partial charge in [0.15, 0.2) is 0 Å². The smallest absolute Gasteiger partial charge is 0.326 e. The van der Waals surface area contributed by atoms with Crippen molar-refractivity contribution in [1.82, 2.24) is 10.3 Å². The van der Waals surface area contributed by atoms with E-state index in [1.54, 1.807) is 31.3 Å². The van der Waals surface area contributed by atoms with Crippen LogP contribution in [0.1, 0.15) is 21.6 Å². The molecule has 2 aromatic carbocycles. The number of carboxylic acid groups (broad SMARTS) is 1. The molecule has 0 unspecified atom stereocenters. The van der Waals surface area contributed by atoms with Gasteiger partial charge in [0, 0.05) is 25.6 Å². The summed E-state index contributed by atoms with van der Waals surface area (Å²) >= 11 is 5.88. The second kappa shape index (κ2) is 12.0. The van der Waals surface area contributed by atoms with E-state index in [-0.39, 0.29) is 6.42 Å². The number of primary sulfonamides is 1. The number of nitrogens with one attached hydrogen (secondary N) is 2. The van der Waals surface area contributed by atoms with Gasteiger partial charge in [-0.1, -0.05) is 29.8 Å². The molecule has 0 fully saturated rings. The average Bonchev–Trinajstić information content (AvgIpc) is 2.83. The van der Waals surface area contributed by atoms with E-state index in [4.69, 9.17) is 21.5 Å². The van der Waals surface area contributed by atoms with Gasteiger partial charge in [0.2, 0.25) is 10.0 Å². The molecule has 3 rings (SSSR count). The second-order valence-corrected chi connectivity index (χ2v) is 9.82. The molecule has 1 atom stereocenters. The zero-order chi connectivity index (χ0) is 27.2. The van der Waals surface area contributed by atoms with E-state index in [1.165, 1.54) is 0 Å². The molecule has 1 aromatic heterocycles. The number of nitrogens with zero attached hydrogens (tertiary/aromatic N) is 1. The second-order valence-electron chi connectivity index (χ2n) is 7.88. The highest BCUT2D eigenvalue weighted by Crippen LogP contribution is 2.24. The van der Waals surface area contributed by atoms with Crippen LogP contribution in [0.5, 0.6) is 5.75 Å². The van der Waals surface area contributed by atoms with Crippen LogP contribution in [-0.4, -0.2) is 50.1 Å². The van der Waals surface area contributed by atoms with Gasteiger partial charge in [-0.3, -0.25) is 4.79 Å². The molecule has 1 heterocycles. The van der Waals surface area contributed by atoms with E-state index in [0.29, 0.717) is 36.5 Å². The molecule has 1 amide bonds. The van der Waals surface area contributed by atoms with Crippen molar-refractivity contribution in [3.8, 4) is 5.75 Å². The zero-order valence-corrected chi connectivity index (χ0v) is 21.1. The standard InChI is InChI=1S/C24H24ClFN4O6S/c1-28-22-4-2-3-15(29-22)9-10-36-16-7-5-14(6-8-16)11-20(24(32)33)30-23(31)17-12-21(37(27,34)35)19(26)13-18(17)25/h2-8,12-13,20H,9-11H2,1H3,(H,28,29)(H,30,31)(H,32,33)(H2,27,34,35)/t20-/m0/s1. The number of carbonyl (C=O) groups excluding carboxylic acids is 1. The highest BCUT2D eigenvalue weighted by molar-refractivity contribution is 7.89. The van der Waals surface area contributed by atoms with Crippen molar-refractivity contribution in [2.75, 3.05) is 19.0 Å². The number of nitrogens with two attached hydrogens (primary N) is 1. The molecule has 0 spiro atoms. The lowest BCUT2D eigenvalue weighted by atomic mass is 10.1. The van der Waals surface area contributed by atoms with Crippen LogP contribution in [0, 0.1) is 5.82 Å². The van der Waals surface area contributed by atoms with E-state index in [1.807, 2.05) is 18.2 Å². The van der Waals surface area contributed by atoms with Crippen molar-refractivity contribution >= 4 is 39.3 Å². The highest BCUT2D eigenvalue weighted by Gasteiger charge is 2.25. The fraction of sp³-hybridized carbons (Fsp3) is 0.208. The lowest BCUT2D eigenvalue weighted by molar-refractivity contribution is -0.139. The maximum absolute atomic E-state index is 13.9. The fourth-order valence-electron chi connectivity index (χ4n) is 3.35. The van der Waals surface area contributed by atoms with Gasteiger partial charge in [0.1, 0.15) is 28.3 Å². The average molecular weight is 551 g/mol. The first-order chi connectivity index (χ1) is 17.5. The Morgan fingerprint density at radius 3 is 2.51 bits per heavy atom. The van der Waals surface area contributed by atoms with Crippen molar-refractivity contribution in [2.45, 2.75) is 23.8 Å². The van der Waals surface area contributed by atoms with Crippen LogP contribution in [0.3, 0.4) is 0 Å². The van der Waals surface area contributed by atoms with Gasteiger partial charge < -0.3 is 20.5 Å². The molecular formula is C24H24ClFN4O6S. The Hall–Kier alpha value is -3.74. The van der Waals surface area contributed by atoms with Crippen LogP contribution in [0.4, 0.5) is 10.2 Å². The Kier molecular flexibility index (Phi) is 9.03. The Morgan fingerprint density at radius 1 is 1.19 bits per heavy atom. The summed E-state index contributed by atoms with van der Waals surface area (Å²) in [5.41, 5.74) is 1.01. The number of aromatic nitrogens is 1. The van der Waals surface area contributed by atoms with Crippen molar-refractivity contribution in [2.24, 2.45) is 5.14 Å². The van der Waals surface area contributed by atoms with Crippen LogP contribution >= 0.6 is 11.6 Å². The maximum Gasteiger partial charge on any atom is 0.326 e. The van der Waals surface area contributed by atoms with Gasteiger partial charge in [-0.05, 0) is 42.0 Å². The van der Waals surface area contributed by atoms with E-state index < -0.39 is 49.2 Å². The summed E-state index contributed by atoms with van der Waals surface area (Å²) in [6, 6.07) is 12.2. The minimum Gasteiger partial charge on any atom is -0.493 e. The quantitative estimate of drug-likeness (QED) is 0.283. The van der Waals surface area contributed by atoms with Crippen molar-refractivity contribution < 1.29 is 32.2 Å². The molecule has 0 saturated heterocycles. The first-order valence-electron chi connectivity index (χ1n) is 10.9. The molecule has 3 aromatic rings. The molecular weight excluding hydrogens is 527 g/mol. The SMILES string of the molecule is CNc1cccc(CCOc2ccc(C[C@H](NC(=O)c3cc(S(N)(=O)=O)c(F)cc3Cl)C(=O)O)cc2)n1. The number of carboxylic acids is 1. The molecule has 196 valence electrons. The maximum atomic E-state index is 13.9. The third kappa shape index (κ3) is 7.62. The molecule has 37 heavy (non-hydrogen) atoms. The van der Waals surface area contributed by atoms with Gasteiger partial charge in [0.25, 0.3) is 5.91 Å². The van der Waals surface area contributed by atoms with E-state index in [2.05, 4.69) is 15.6 Å². The minimum absolute atomic E-state index is 0.0943. The Morgan fingerprint density at radius 2 is 1.89 bits per heavy atom.